The van der Waals surface area contributed by atoms with Crippen molar-refractivity contribution >= 4 is 17.3 Å². The zero-order chi connectivity index (χ0) is 20.6. The Balaban J connectivity index is 1.36. The number of amides is 1. The van der Waals surface area contributed by atoms with Gasteiger partial charge in [0.2, 0.25) is 0 Å². The van der Waals surface area contributed by atoms with Crippen LogP contribution in [0.1, 0.15) is 28.8 Å². The number of aryl methyl sites for hydroxylation is 1. The predicted molar refractivity (Wildman–Crippen MR) is 114 cm³/mol. The highest BCUT2D eigenvalue weighted by molar-refractivity contribution is 5.98. The molecule has 0 bridgehead atoms. The predicted octanol–water partition coefficient (Wildman–Crippen LogP) is 3.24. The van der Waals surface area contributed by atoms with Gasteiger partial charge >= 0.3 is 0 Å². The number of hydrogen-bond donors (Lipinski definition) is 1. The van der Waals surface area contributed by atoms with E-state index >= 15 is 0 Å². The Labute approximate surface area is 171 Å². The van der Waals surface area contributed by atoms with E-state index in [4.69, 9.17) is 0 Å². The van der Waals surface area contributed by atoms with E-state index in [-0.39, 0.29) is 17.2 Å². The molecule has 0 aromatic heterocycles. The number of piperazine rings is 1. The van der Waals surface area contributed by atoms with Gasteiger partial charge in [-0.1, -0.05) is 30.3 Å². The van der Waals surface area contributed by atoms with Crippen LogP contribution in [0.25, 0.3) is 0 Å². The molecule has 2 aromatic carbocycles. The number of nitro benzene ring substituents is 1. The van der Waals surface area contributed by atoms with Gasteiger partial charge in [0.05, 0.1) is 4.92 Å². The molecule has 1 N–H and O–H groups in total. The van der Waals surface area contributed by atoms with Crippen LogP contribution in [0.2, 0.25) is 0 Å². The molecule has 0 spiro atoms. The molecule has 1 heterocycles. The molecule has 1 fully saturated rings. The van der Waals surface area contributed by atoms with Crippen LogP contribution in [0.5, 0.6) is 0 Å². The van der Waals surface area contributed by atoms with Gasteiger partial charge in [0.15, 0.2) is 0 Å². The fourth-order valence-corrected chi connectivity index (χ4v) is 3.71. The molecule has 1 amide bonds. The van der Waals surface area contributed by atoms with E-state index in [9.17, 15) is 14.9 Å². The Morgan fingerprint density at radius 3 is 2.45 bits per heavy atom. The van der Waals surface area contributed by atoms with Crippen molar-refractivity contribution in [2.45, 2.75) is 19.8 Å². The smallest absolute Gasteiger partial charge is 0.285 e. The second-order valence-corrected chi connectivity index (χ2v) is 7.36. The lowest BCUT2D eigenvalue weighted by Gasteiger charge is -2.36. The Morgan fingerprint density at radius 1 is 1.03 bits per heavy atom. The summed E-state index contributed by atoms with van der Waals surface area (Å²) in [5.41, 5.74) is 1.80. The van der Waals surface area contributed by atoms with E-state index in [1.165, 1.54) is 11.8 Å². The second-order valence-electron chi connectivity index (χ2n) is 7.36. The lowest BCUT2D eigenvalue weighted by atomic mass is 10.1. The van der Waals surface area contributed by atoms with E-state index in [0.29, 0.717) is 12.1 Å². The summed E-state index contributed by atoms with van der Waals surface area (Å²) < 4.78 is 0. The average Bonchev–Trinajstić information content (AvgIpc) is 2.74. The van der Waals surface area contributed by atoms with Gasteiger partial charge < -0.3 is 10.2 Å². The quantitative estimate of drug-likeness (QED) is 0.421. The zero-order valence-corrected chi connectivity index (χ0v) is 16.8. The minimum absolute atomic E-state index is 0.110. The van der Waals surface area contributed by atoms with Crippen LogP contribution in [0, 0.1) is 17.0 Å². The largest absolute Gasteiger partial charge is 0.369 e. The van der Waals surface area contributed by atoms with Gasteiger partial charge in [-0.05, 0) is 44.5 Å². The second kappa shape index (κ2) is 10.0. The first-order chi connectivity index (χ1) is 14.1. The zero-order valence-electron chi connectivity index (χ0n) is 16.8. The van der Waals surface area contributed by atoms with Gasteiger partial charge in [-0.2, -0.15) is 0 Å². The summed E-state index contributed by atoms with van der Waals surface area (Å²) >= 11 is 0. The van der Waals surface area contributed by atoms with Crippen LogP contribution < -0.4 is 10.2 Å². The van der Waals surface area contributed by atoms with Crippen LogP contribution in [-0.4, -0.2) is 55.0 Å². The fraction of sp³-hybridized carbons (Fsp3) is 0.409. The van der Waals surface area contributed by atoms with Gasteiger partial charge in [-0.3, -0.25) is 19.8 Å². The van der Waals surface area contributed by atoms with E-state index < -0.39 is 4.92 Å². The maximum absolute atomic E-state index is 12.3. The topological polar surface area (TPSA) is 78.7 Å². The molecule has 154 valence electrons. The highest BCUT2D eigenvalue weighted by atomic mass is 16.6. The molecule has 3 rings (SSSR count). The van der Waals surface area contributed by atoms with Crippen molar-refractivity contribution < 1.29 is 9.72 Å². The number of benzene rings is 2. The van der Waals surface area contributed by atoms with Gasteiger partial charge in [0, 0.05) is 44.0 Å². The van der Waals surface area contributed by atoms with Crippen molar-refractivity contribution in [3.8, 4) is 0 Å². The summed E-state index contributed by atoms with van der Waals surface area (Å²) in [7, 11) is 0. The molecule has 0 aliphatic carbocycles. The Bertz CT molecular complexity index is 833. The molecule has 0 unspecified atom stereocenters. The number of carbonyl (C=O) groups excluding carboxylic acids is 1. The number of nitrogens with one attached hydrogen (secondary N) is 1. The maximum atomic E-state index is 12.3. The summed E-state index contributed by atoms with van der Waals surface area (Å²) in [6.07, 6.45) is 1.84. The van der Waals surface area contributed by atoms with Crippen molar-refractivity contribution in [3.05, 3.63) is 69.8 Å². The molecule has 2 aromatic rings. The highest BCUT2D eigenvalue weighted by Crippen LogP contribution is 2.22. The Morgan fingerprint density at radius 2 is 1.76 bits per heavy atom. The van der Waals surface area contributed by atoms with E-state index in [0.717, 1.165) is 45.6 Å². The van der Waals surface area contributed by atoms with Gasteiger partial charge in [0.1, 0.15) is 5.56 Å². The molecule has 0 atom stereocenters. The molecule has 7 nitrogen and oxygen atoms in total. The number of hydrogen-bond acceptors (Lipinski definition) is 5. The van der Waals surface area contributed by atoms with E-state index in [1.54, 1.807) is 19.1 Å². The van der Waals surface area contributed by atoms with Crippen molar-refractivity contribution in [1.82, 2.24) is 10.2 Å². The SMILES string of the molecule is Cc1cccc(C(=O)NCCCCN2CCN(c3ccccc3)CC2)c1[N+](=O)[O-]. The first kappa shape index (κ1) is 20.8. The summed E-state index contributed by atoms with van der Waals surface area (Å²) in [5.74, 6) is -0.378. The number of anilines is 1. The third-order valence-corrected chi connectivity index (χ3v) is 5.35. The van der Waals surface area contributed by atoms with Crippen LogP contribution in [0.3, 0.4) is 0 Å². The number of rotatable bonds is 8. The van der Waals surface area contributed by atoms with Crippen LogP contribution in [0.15, 0.2) is 48.5 Å². The summed E-state index contributed by atoms with van der Waals surface area (Å²) in [5, 5.41) is 14.0. The molecule has 1 saturated heterocycles. The lowest BCUT2D eigenvalue weighted by molar-refractivity contribution is -0.385. The third-order valence-electron chi connectivity index (χ3n) is 5.35. The van der Waals surface area contributed by atoms with Crippen molar-refractivity contribution in [2.75, 3.05) is 44.2 Å². The standard InChI is InChI=1S/C22H28N4O3/c1-18-8-7-11-20(21(18)26(28)29)22(27)23-12-5-6-13-24-14-16-25(17-15-24)19-9-3-2-4-10-19/h2-4,7-11H,5-6,12-17H2,1H3,(H,23,27). The number of nitrogens with zero attached hydrogens (tertiary/aromatic N) is 3. The molecule has 0 radical (unpaired) electrons. The van der Waals surface area contributed by atoms with E-state index in [2.05, 4.69) is 39.4 Å². The van der Waals surface area contributed by atoms with Gasteiger partial charge in [-0.15, -0.1) is 0 Å². The highest BCUT2D eigenvalue weighted by Gasteiger charge is 2.22. The molecular weight excluding hydrogens is 368 g/mol. The van der Waals surface area contributed by atoms with E-state index in [1.807, 2.05) is 6.07 Å². The number of nitro groups is 1. The fourth-order valence-electron chi connectivity index (χ4n) is 3.71. The first-order valence-electron chi connectivity index (χ1n) is 10.1. The number of para-hydroxylation sites is 2. The third kappa shape index (κ3) is 5.54. The molecule has 1 aliphatic heterocycles. The average molecular weight is 396 g/mol. The van der Waals surface area contributed by atoms with Gasteiger partial charge in [0.25, 0.3) is 11.6 Å². The minimum atomic E-state index is -0.487. The molecular formula is C22H28N4O3. The molecule has 7 heteroatoms. The van der Waals surface area contributed by atoms with Crippen molar-refractivity contribution in [3.63, 3.8) is 0 Å². The summed E-state index contributed by atoms with van der Waals surface area (Å²) in [4.78, 5) is 27.9. The first-order valence-corrected chi connectivity index (χ1v) is 10.1. The lowest BCUT2D eigenvalue weighted by Crippen LogP contribution is -2.46. The minimum Gasteiger partial charge on any atom is -0.369 e. The van der Waals surface area contributed by atoms with Gasteiger partial charge in [-0.25, -0.2) is 0 Å². The van der Waals surface area contributed by atoms with Crippen LogP contribution >= 0.6 is 0 Å². The Kier molecular flexibility index (Phi) is 7.19. The Hall–Kier alpha value is -2.93. The van der Waals surface area contributed by atoms with Crippen molar-refractivity contribution in [2.24, 2.45) is 0 Å². The van der Waals surface area contributed by atoms with Crippen molar-refractivity contribution in [1.29, 1.82) is 0 Å². The monoisotopic (exact) mass is 396 g/mol. The number of unbranched alkanes of at least 4 members (excludes halogenated alkanes) is 1. The summed E-state index contributed by atoms with van der Waals surface area (Å²) in [6.45, 7) is 7.30. The van der Waals surface area contributed by atoms with Crippen LogP contribution in [-0.2, 0) is 0 Å². The van der Waals surface area contributed by atoms with Crippen LogP contribution in [0.4, 0.5) is 11.4 Å². The molecule has 1 aliphatic rings. The molecule has 29 heavy (non-hydrogen) atoms. The number of carbonyl (C=O) groups is 1. The maximum Gasteiger partial charge on any atom is 0.285 e. The normalized spacial score (nSPS) is 14.6. The summed E-state index contributed by atoms with van der Waals surface area (Å²) in [6, 6.07) is 15.3. The molecule has 0 saturated carbocycles.